The molecular formula is C19H28O4. The predicted octanol–water partition coefficient (Wildman–Crippen LogP) is 3.07. The second-order valence-corrected chi connectivity index (χ2v) is 6.44. The van der Waals surface area contributed by atoms with Crippen LogP contribution in [0.15, 0.2) is 24.3 Å². The van der Waals surface area contributed by atoms with Gasteiger partial charge in [0.2, 0.25) is 0 Å². The first-order valence-electron chi connectivity index (χ1n) is 8.39. The molecule has 4 nitrogen and oxygen atoms in total. The van der Waals surface area contributed by atoms with Gasteiger partial charge in [0.05, 0.1) is 25.7 Å². The molecule has 3 fully saturated rings. The molecule has 2 heterocycles. The summed E-state index contributed by atoms with van der Waals surface area (Å²) >= 11 is 0. The van der Waals surface area contributed by atoms with E-state index in [-0.39, 0.29) is 17.8 Å². The predicted molar refractivity (Wildman–Crippen MR) is 89.3 cm³/mol. The van der Waals surface area contributed by atoms with Gasteiger partial charge in [0.15, 0.2) is 0 Å². The summed E-state index contributed by atoms with van der Waals surface area (Å²) in [6.07, 6.45) is 4.58. The van der Waals surface area contributed by atoms with Crippen LogP contribution in [-0.4, -0.2) is 38.0 Å². The van der Waals surface area contributed by atoms with E-state index < -0.39 is 0 Å². The van der Waals surface area contributed by atoms with Gasteiger partial charge >= 0.3 is 5.97 Å². The number of fused-ring (bicyclic) bond motifs is 5. The van der Waals surface area contributed by atoms with Crippen LogP contribution in [0.4, 0.5) is 0 Å². The van der Waals surface area contributed by atoms with Crippen LogP contribution in [0.5, 0.6) is 0 Å². The maximum Gasteiger partial charge on any atom is 0.309 e. The molecule has 1 aliphatic carbocycles. The number of hydrogen-bond donors (Lipinski definition) is 1. The molecule has 4 unspecified atom stereocenters. The average Bonchev–Trinajstić information content (AvgIpc) is 2.58. The van der Waals surface area contributed by atoms with Gasteiger partial charge in [-0.15, -0.1) is 0 Å². The van der Waals surface area contributed by atoms with E-state index in [1.807, 2.05) is 0 Å². The first-order valence-corrected chi connectivity index (χ1v) is 8.39. The van der Waals surface area contributed by atoms with Gasteiger partial charge in [-0.05, 0) is 50.0 Å². The molecule has 128 valence electrons. The van der Waals surface area contributed by atoms with E-state index in [4.69, 9.17) is 14.6 Å². The number of ether oxygens (including phenoxy) is 2. The number of rotatable bonds is 2. The first kappa shape index (κ1) is 18.0. The summed E-state index contributed by atoms with van der Waals surface area (Å²) in [6, 6.07) is 8.62. The standard InChI is InChI=1S/C18H24O3.CH4O/c1-12-3-5-13(6-4-12)16-10-9-15-8-7-14(11-21-15)17(16)18(19)20-2;1-2/h3-6,14-17H,7-11H2,1-2H3;2H,1H3. The Labute approximate surface area is 138 Å². The molecule has 2 aliphatic heterocycles. The number of hydrogen-bond acceptors (Lipinski definition) is 4. The highest BCUT2D eigenvalue weighted by Crippen LogP contribution is 2.43. The second kappa shape index (κ2) is 8.46. The number of benzene rings is 1. The molecule has 4 atom stereocenters. The van der Waals surface area contributed by atoms with Crippen LogP contribution < -0.4 is 0 Å². The zero-order chi connectivity index (χ0) is 16.8. The fourth-order valence-electron chi connectivity index (χ4n) is 3.89. The summed E-state index contributed by atoms with van der Waals surface area (Å²) in [5.41, 5.74) is 2.52. The first-order chi connectivity index (χ1) is 11.2. The lowest BCUT2D eigenvalue weighted by Crippen LogP contribution is -2.40. The Morgan fingerprint density at radius 3 is 2.35 bits per heavy atom. The van der Waals surface area contributed by atoms with E-state index in [2.05, 4.69) is 31.2 Å². The van der Waals surface area contributed by atoms with Crippen molar-refractivity contribution in [2.75, 3.05) is 20.8 Å². The molecule has 23 heavy (non-hydrogen) atoms. The number of methoxy groups -OCH3 is 1. The van der Waals surface area contributed by atoms with Crippen molar-refractivity contribution in [3.63, 3.8) is 0 Å². The molecule has 4 rings (SSSR count). The van der Waals surface area contributed by atoms with E-state index in [1.165, 1.54) is 18.2 Å². The Morgan fingerprint density at radius 1 is 1.13 bits per heavy atom. The zero-order valence-corrected chi connectivity index (χ0v) is 14.3. The van der Waals surface area contributed by atoms with E-state index in [0.717, 1.165) is 32.8 Å². The van der Waals surface area contributed by atoms with Gasteiger partial charge in [0, 0.05) is 7.11 Å². The normalized spacial score (nSPS) is 29.7. The number of aliphatic hydroxyl groups is 1. The number of carbonyl (C=O) groups excluding carboxylic acids is 1. The fraction of sp³-hybridized carbons (Fsp3) is 0.632. The molecular weight excluding hydrogens is 292 g/mol. The molecule has 4 heteroatoms. The summed E-state index contributed by atoms with van der Waals surface area (Å²) < 4.78 is 11.0. The van der Waals surface area contributed by atoms with Gasteiger partial charge < -0.3 is 14.6 Å². The Morgan fingerprint density at radius 2 is 1.78 bits per heavy atom. The maximum atomic E-state index is 12.4. The highest BCUT2D eigenvalue weighted by Gasteiger charge is 2.41. The molecule has 1 aromatic rings. The van der Waals surface area contributed by atoms with Crippen LogP contribution >= 0.6 is 0 Å². The Hall–Kier alpha value is -1.39. The van der Waals surface area contributed by atoms with Crippen molar-refractivity contribution in [3.05, 3.63) is 35.4 Å². The van der Waals surface area contributed by atoms with Crippen LogP contribution in [0.1, 0.15) is 42.7 Å². The lowest BCUT2D eigenvalue weighted by atomic mass is 9.70. The van der Waals surface area contributed by atoms with E-state index in [1.54, 1.807) is 0 Å². The SMILES string of the molecule is CO.COC(=O)C1C2CCC(CCC1c1ccc(C)cc1)OC2. The van der Waals surface area contributed by atoms with E-state index >= 15 is 0 Å². The minimum atomic E-state index is -0.0745. The van der Waals surface area contributed by atoms with Crippen LogP contribution in [0.2, 0.25) is 0 Å². The molecule has 2 saturated heterocycles. The molecule has 0 spiro atoms. The zero-order valence-electron chi connectivity index (χ0n) is 14.3. The van der Waals surface area contributed by atoms with Crippen molar-refractivity contribution in [1.29, 1.82) is 0 Å². The van der Waals surface area contributed by atoms with Gasteiger partial charge in [-0.1, -0.05) is 29.8 Å². The number of esters is 1. The van der Waals surface area contributed by atoms with Gasteiger partial charge in [-0.3, -0.25) is 4.79 Å². The number of aryl methyl sites for hydroxylation is 1. The maximum absolute atomic E-state index is 12.4. The molecule has 2 bridgehead atoms. The second-order valence-electron chi connectivity index (χ2n) is 6.44. The molecule has 0 radical (unpaired) electrons. The third-order valence-corrected chi connectivity index (χ3v) is 5.13. The summed E-state index contributed by atoms with van der Waals surface area (Å²) in [5.74, 6) is 0.406. The minimum absolute atomic E-state index is 0.0704. The molecule has 1 saturated carbocycles. The number of aliphatic hydroxyl groups excluding tert-OH is 1. The van der Waals surface area contributed by atoms with E-state index in [9.17, 15) is 4.79 Å². The van der Waals surface area contributed by atoms with E-state index in [0.29, 0.717) is 18.6 Å². The summed E-state index contributed by atoms with van der Waals surface area (Å²) in [6.45, 7) is 2.79. The highest BCUT2D eigenvalue weighted by atomic mass is 16.5. The Balaban J connectivity index is 0.000000924. The topological polar surface area (TPSA) is 55.8 Å². The van der Waals surface area contributed by atoms with Gasteiger partial charge in [-0.2, -0.15) is 0 Å². The summed E-state index contributed by atoms with van der Waals surface area (Å²) in [5, 5.41) is 7.00. The fourth-order valence-corrected chi connectivity index (χ4v) is 3.89. The highest BCUT2D eigenvalue weighted by molar-refractivity contribution is 5.74. The van der Waals surface area contributed by atoms with Gasteiger partial charge in [0.1, 0.15) is 0 Å². The van der Waals surface area contributed by atoms with Crippen LogP contribution in [0, 0.1) is 18.8 Å². The van der Waals surface area contributed by atoms with Crippen molar-refractivity contribution in [2.45, 2.75) is 44.6 Å². The number of carbonyl (C=O) groups is 1. The van der Waals surface area contributed by atoms with Crippen LogP contribution in [-0.2, 0) is 14.3 Å². The molecule has 3 aliphatic rings. The van der Waals surface area contributed by atoms with Crippen molar-refractivity contribution in [3.8, 4) is 0 Å². The Kier molecular flexibility index (Phi) is 6.60. The smallest absolute Gasteiger partial charge is 0.309 e. The van der Waals surface area contributed by atoms with Crippen molar-refractivity contribution < 1.29 is 19.4 Å². The molecule has 0 amide bonds. The third kappa shape index (κ3) is 4.12. The third-order valence-electron chi connectivity index (χ3n) is 5.13. The average molecular weight is 320 g/mol. The van der Waals surface area contributed by atoms with Gasteiger partial charge in [-0.25, -0.2) is 0 Å². The lowest BCUT2D eigenvalue weighted by Gasteiger charge is -2.40. The van der Waals surface area contributed by atoms with Crippen molar-refractivity contribution in [1.82, 2.24) is 0 Å². The van der Waals surface area contributed by atoms with Crippen LogP contribution in [0.25, 0.3) is 0 Å². The van der Waals surface area contributed by atoms with Crippen molar-refractivity contribution >= 4 is 5.97 Å². The molecule has 0 aromatic heterocycles. The summed E-state index contributed by atoms with van der Waals surface area (Å²) in [4.78, 5) is 12.4. The van der Waals surface area contributed by atoms with Crippen LogP contribution in [0.3, 0.4) is 0 Å². The molecule has 1 N–H and O–H groups in total. The monoisotopic (exact) mass is 320 g/mol. The van der Waals surface area contributed by atoms with Gasteiger partial charge in [0.25, 0.3) is 0 Å². The minimum Gasteiger partial charge on any atom is -0.469 e. The Bertz CT molecular complexity index is 489. The molecule has 1 aromatic carbocycles. The quantitative estimate of drug-likeness (QED) is 0.851. The largest absolute Gasteiger partial charge is 0.469 e. The summed E-state index contributed by atoms with van der Waals surface area (Å²) in [7, 11) is 2.50. The van der Waals surface area contributed by atoms with Crippen molar-refractivity contribution in [2.24, 2.45) is 11.8 Å². The lowest BCUT2D eigenvalue weighted by molar-refractivity contribution is -0.154.